The van der Waals surface area contributed by atoms with Crippen molar-refractivity contribution in [1.82, 2.24) is 9.88 Å². The minimum atomic E-state index is -0.422. The zero-order valence-electron chi connectivity index (χ0n) is 16.2. The van der Waals surface area contributed by atoms with Crippen LogP contribution in [0.25, 0.3) is 10.9 Å². The molecule has 27 heavy (non-hydrogen) atoms. The fourth-order valence-electron chi connectivity index (χ4n) is 4.48. The van der Waals surface area contributed by atoms with Crippen molar-refractivity contribution < 1.29 is 14.3 Å². The van der Waals surface area contributed by atoms with Gasteiger partial charge in [0.1, 0.15) is 0 Å². The third-order valence-corrected chi connectivity index (χ3v) is 6.12. The van der Waals surface area contributed by atoms with Crippen LogP contribution >= 0.6 is 0 Å². The zero-order chi connectivity index (χ0) is 19.0. The molecule has 2 aromatic rings. The van der Waals surface area contributed by atoms with Gasteiger partial charge in [-0.25, -0.2) is 4.79 Å². The molecule has 0 saturated carbocycles. The van der Waals surface area contributed by atoms with Gasteiger partial charge in [-0.15, -0.1) is 0 Å². The number of fused-ring (bicyclic) bond motifs is 3. The van der Waals surface area contributed by atoms with E-state index < -0.39 is 5.97 Å². The van der Waals surface area contributed by atoms with Crippen LogP contribution < -0.4 is 0 Å². The molecule has 2 atom stereocenters. The Balaban J connectivity index is 1.46. The van der Waals surface area contributed by atoms with E-state index in [4.69, 9.17) is 4.74 Å². The molecule has 4 rings (SSSR count). The molecule has 1 aromatic heterocycles. The minimum Gasteiger partial charge on any atom is -0.452 e. The number of hydrogen-bond donors (Lipinski definition) is 1. The lowest BCUT2D eigenvalue weighted by Gasteiger charge is -2.33. The summed E-state index contributed by atoms with van der Waals surface area (Å²) in [5.74, 6) is 0.148. The topological polar surface area (TPSA) is 62.4 Å². The van der Waals surface area contributed by atoms with E-state index in [0.717, 1.165) is 49.6 Å². The number of rotatable bonds is 3. The molecule has 2 aliphatic rings. The molecular formula is C22H28N2O3. The maximum Gasteiger partial charge on any atom is 0.338 e. The van der Waals surface area contributed by atoms with Crippen molar-refractivity contribution in [3.8, 4) is 0 Å². The van der Waals surface area contributed by atoms with Gasteiger partial charge >= 0.3 is 5.97 Å². The Morgan fingerprint density at radius 2 is 2.07 bits per heavy atom. The number of esters is 1. The van der Waals surface area contributed by atoms with E-state index in [1.165, 1.54) is 17.7 Å². The van der Waals surface area contributed by atoms with E-state index in [-0.39, 0.29) is 18.6 Å². The van der Waals surface area contributed by atoms with E-state index in [1.807, 2.05) is 17.0 Å². The average molecular weight is 368 g/mol. The van der Waals surface area contributed by atoms with Crippen LogP contribution in [0.2, 0.25) is 0 Å². The number of aryl methyl sites for hydroxylation is 1. The number of benzene rings is 1. The van der Waals surface area contributed by atoms with Crippen molar-refractivity contribution >= 4 is 22.8 Å². The smallest absolute Gasteiger partial charge is 0.338 e. The molecule has 1 aliphatic carbocycles. The maximum atomic E-state index is 12.5. The van der Waals surface area contributed by atoms with Gasteiger partial charge in [0.25, 0.3) is 5.91 Å². The van der Waals surface area contributed by atoms with Crippen molar-refractivity contribution in [2.75, 3.05) is 13.2 Å². The number of aromatic nitrogens is 1. The van der Waals surface area contributed by atoms with Gasteiger partial charge in [-0.2, -0.15) is 0 Å². The lowest BCUT2D eigenvalue weighted by Crippen LogP contribution is -2.44. The summed E-state index contributed by atoms with van der Waals surface area (Å²) in [6.07, 6.45) is 6.51. The summed E-state index contributed by atoms with van der Waals surface area (Å²) < 4.78 is 5.34. The SMILES string of the molecule is CC1CCc2[nH]c3ccc(C(=O)OCC(=O)N4CCCCC4C)cc3c2C1. The zero-order valence-corrected chi connectivity index (χ0v) is 16.2. The van der Waals surface area contributed by atoms with Gasteiger partial charge in [-0.3, -0.25) is 4.79 Å². The first-order valence-corrected chi connectivity index (χ1v) is 10.1. The summed E-state index contributed by atoms with van der Waals surface area (Å²) in [5.41, 5.74) is 4.21. The molecule has 1 fully saturated rings. The molecular weight excluding hydrogens is 340 g/mol. The quantitative estimate of drug-likeness (QED) is 0.837. The van der Waals surface area contributed by atoms with E-state index in [2.05, 4.69) is 18.8 Å². The van der Waals surface area contributed by atoms with Crippen molar-refractivity contribution in [3.63, 3.8) is 0 Å². The van der Waals surface area contributed by atoms with E-state index in [0.29, 0.717) is 11.5 Å². The molecule has 0 spiro atoms. The Morgan fingerprint density at radius 1 is 1.22 bits per heavy atom. The van der Waals surface area contributed by atoms with E-state index in [9.17, 15) is 9.59 Å². The summed E-state index contributed by atoms with van der Waals surface area (Å²) in [6.45, 7) is 4.91. The van der Waals surface area contributed by atoms with Crippen LogP contribution in [-0.4, -0.2) is 41.0 Å². The number of piperidine rings is 1. The lowest BCUT2D eigenvalue weighted by atomic mass is 9.87. The van der Waals surface area contributed by atoms with Crippen molar-refractivity contribution in [1.29, 1.82) is 0 Å². The van der Waals surface area contributed by atoms with Gasteiger partial charge in [-0.1, -0.05) is 6.92 Å². The first kappa shape index (κ1) is 18.1. The van der Waals surface area contributed by atoms with Gasteiger partial charge < -0.3 is 14.6 Å². The highest BCUT2D eigenvalue weighted by molar-refractivity contribution is 5.97. The second-order valence-corrected chi connectivity index (χ2v) is 8.20. The van der Waals surface area contributed by atoms with Crippen LogP contribution in [0.3, 0.4) is 0 Å². The molecule has 1 aromatic carbocycles. The number of amides is 1. The van der Waals surface area contributed by atoms with E-state index >= 15 is 0 Å². The molecule has 1 saturated heterocycles. The number of hydrogen-bond acceptors (Lipinski definition) is 3. The molecule has 5 heteroatoms. The van der Waals surface area contributed by atoms with Gasteiger partial charge in [0.2, 0.25) is 0 Å². The highest BCUT2D eigenvalue weighted by Gasteiger charge is 2.25. The fourth-order valence-corrected chi connectivity index (χ4v) is 4.48. The molecule has 0 bridgehead atoms. The number of nitrogens with zero attached hydrogens (tertiary/aromatic N) is 1. The van der Waals surface area contributed by atoms with Crippen molar-refractivity contribution in [3.05, 3.63) is 35.0 Å². The molecule has 2 heterocycles. The van der Waals surface area contributed by atoms with Crippen LogP contribution in [-0.2, 0) is 22.4 Å². The largest absolute Gasteiger partial charge is 0.452 e. The second-order valence-electron chi connectivity index (χ2n) is 8.20. The predicted octanol–water partition coefficient (Wildman–Crippen LogP) is 3.85. The monoisotopic (exact) mass is 368 g/mol. The van der Waals surface area contributed by atoms with Gasteiger partial charge in [0.15, 0.2) is 6.61 Å². The van der Waals surface area contributed by atoms with Gasteiger partial charge in [0, 0.05) is 29.2 Å². The summed E-state index contributed by atoms with van der Waals surface area (Å²) in [5, 5.41) is 1.11. The molecule has 1 aliphatic heterocycles. The molecule has 5 nitrogen and oxygen atoms in total. The van der Waals surface area contributed by atoms with Crippen LogP contribution in [0, 0.1) is 5.92 Å². The first-order chi connectivity index (χ1) is 13.0. The number of carbonyl (C=O) groups excluding carboxylic acids is 2. The average Bonchev–Trinajstić information content (AvgIpc) is 3.03. The number of aromatic amines is 1. The highest BCUT2D eigenvalue weighted by Crippen LogP contribution is 2.32. The number of ether oxygens (including phenoxy) is 1. The maximum absolute atomic E-state index is 12.5. The summed E-state index contributed by atoms with van der Waals surface area (Å²) in [6, 6.07) is 5.88. The van der Waals surface area contributed by atoms with Crippen LogP contribution in [0.1, 0.15) is 61.1 Å². The number of likely N-dealkylation sites (tertiary alicyclic amines) is 1. The van der Waals surface area contributed by atoms with Gasteiger partial charge in [0.05, 0.1) is 5.56 Å². The molecule has 0 radical (unpaired) electrons. The third kappa shape index (κ3) is 3.60. The Kier molecular flexibility index (Phi) is 4.94. The van der Waals surface area contributed by atoms with Crippen LogP contribution in [0.5, 0.6) is 0 Å². The normalized spacial score (nSPS) is 22.5. The standard InChI is InChI=1S/C22H28N2O3/c1-14-6-8-19-17(11-14)18-12-16(7-9-20(18)23-19)22(26)27-13-21(25)24-10-4-3-5-15(24)2/h7,9,12,14-15,23H,3-6,8,10-11,13H2,1-2H3. The Hall–Kier alpha value is -2.30. The second kappa shape index (κ2) is 7.37. The summed E-state index contributed by atoms with van der Waals surface area (Å²) in [4.78, 5) is 30.2. The Bertz CT molecular complexity index is 870. The first-order valence-electron chi connectivity index (χ1n) is 10.1. The van der Waals surface area contributed by atoms with Crippen LogP contribution in [0.15, 0.2) is 18.2 Å². The highest BCUT2D eigenvalue weighted by atomic mass is 16.5. The fraction of sp³-hybridized carbons (Fsp3) is 0.545. The molecule has 144 valence electrons. The molecule has 1 amide bonds. The summed E-state index contributed by atoms with van der Waals surface area (Å²) >= 11 is 0. The van der Waals surface area contributed by atoms with Crippen LogP contribution in [0.4, 0.5) is 0 Å². The van der Waals surface area contributed by atoms with Gasteiger partial charge in [-0.05, 0) is 75.1 Å². The van der Waals surface area contributed by atoms with Crippen molar-refractivity contribution in [2.24, 2.45) is 5.92 Å². The third-order valence-electron chi connectivity index (χ3n) is 6.12. The Labute approximate surface area is 160 Å². The number of H-pyrrole nitrogens is 1. The van der Waals surface area contributed by atoms with E-state index in [1.54, 1.807) is 6.07 Å². The molecule has 2 unspecified atom stereocenters. The number of carbonyl (C=O) groups is 2. The molecule has 1 N–H and O–H groups in total. The summed E-state index contributed by atoms with van der Waals surface area (Å²) in [7, 11) is 0. The number of nitrogens with one attached hydrogen (secondary N) is 1. The Morgan fingerprint density at radius 3 is 2.89 bits per heavy atom. The minimum absolute atomic E-state index is 0.0931. The lowest BCUT2D eigenvalue weighted by molar-refractivity contribution is -0.137. The predicted molar refractivity (Wildman–Crippen MR) is 105 cm³/mol. The van der Waals surface area contributed by atoms with Crippen molar-refractivity contribution in [2.45, 2.75) is 58.4 Å².